The van der Waals surface area contributed by atoms with E-state index in [1.165, 1.54) is 10.8 Å². The maximum absolute atomic E-state index is 12.2. The Bertz CT molecular complexity index is 829. The van der Waals surface area contributed by atoms with Crippen LogP contribution in [0.1, 0.15) is 25.5 Å². The molecule has 1 amide bonds. The molecule has 1 aromatic heterocycles. The fraction of sp³-hybridized carbons (Fsp3) is 0.300. The van der Waals surface area contributed by atoms with Gasteiger partial charge in [0.1, 0.15) is 0 Å². The van der Waals surface area contributed by atoms with Crippen molar-refractivity contribution in [1.29, 1.82) is 0 Å². The average Bonchev–Trinajstić information content (AvgIpc) is 3.12. The van der Waals surface area contributed by atoms with Crippen molar-refractivity contribution in [2.75, 3.05) is 6.54 Å². The molecule has 2 N–H and O–H groups in total. The van der Waals surface area contributed by atoms with E-state index in [1.807, 2.05) is 42.9 Å². The fourth-order valence-electron chi connectivity index (χ4n) is 2.87. The summed E-state index contributed by atoms with van der Waals surface area (Å²) < 4.78 is 1.85. The molecule has 0 spiro atoms. The number of benzene rings is 2. The molecule has 0 aliphatic heterocycles. The van der Waals surface area contributed by atoms with Gasteiger partial charge in [0.15, 0.2) is 0 Å². The summed E-state index contributed by atoms with van der Waals surface area (Å²) in [7, 11) is 0. The number of aromatic nitrogens is 2. The summed E-state index contributed by atoms with van der Waals surface area (Å²) in [5.74, 6) is -0.00651. The number of hydrogen-bond acceptors (Lipinski definition) is 3. The molecule has 2 aromatic carbocycles. The van der Waals surface area contributed by atoms with Gasteiger partial charge in [0.2, 0.25) is 5.91 Å². The van der Waals surface area contributed by atoms with Crippen molar-refractivity contribution in [3.8, 4) is 0 Å². The van der Waals surface area contributed by atoms with Gasteiger partial charge in [-0.25, -0.2) is 0 Å². The average molecular weight is 336 g/mol. The van der Waals surface area contributed by atoms with E-state index in [1.54, 1.807) is 6.20 Å². The Morgan fingerprint density at radius 1 is 1.12 bits per heavy atom. The molecule has 0 bridgehead atoms. The van der Waals surface area contributed by atoms with Crippen LogP contribution in [0.4, 0.5) is 0 Å². The van der Waals surface area contributed by atoms with E-state index in [0.29, 0.717) is 6.54 Å². The largest absolute Gasteiger partial charge is 0.348 e. The number of nitrogens with one attached hydrogen (secondary N) is 2. The Morgan fingerprint density at radius 2 is 1.92 bits per heavy atom. The maximum Gasteiger partial charge on any atom is 0.234 e. The molecule has 0 radical (unpaired) electrons. The summed E-state index contributed by atoms with van der Waals surface area (Å²) in [4.78, 5) is 12.2. The molecule has 0 aliphatic carbocycles. The zero-order chi connectivity index (χ0) is 17.6. The summed E-state index contributed by atoms with van der Waals surface area (Å²) in [6.45, 7) is 5.08. The molecule has 5 heteroatoms. The summed E-state index contributed by atoms with van der Waals surface area (Å²) in [6.07, 6.45) is 3.67. The van der Waals surface area contributed by atoms with E-state index in [0.717, 1.165) is 12.1 Å². The van der Waals surface area contributed by atoms with Crippen LogP contribution in [0.2, 0.25) is 0 Å². The summed E-state index contributed by atoms with van der Waals surface area (Å²) >= 11 is 0. The van der Waals surface area contributed by atoms with Gasteiger partial charge >= 0.3 is 0 Å². The summed E-state index contributed by atoms with van der Waals surface area (Å²) in [5.41, 5.74) is 1.11. The second-order valence-electron chi connectivity index (χ2n) is 6.41. The van der Waals surface area contributed by atoms with Crippen LogP contribution >= 0.6 is 0 Å². The first-order valence-corrected chi connectivity index (χ1v) is 8.60. The van der Waals surface area contributed by atoms with E-state index in [4.69, 9.17) is 0 Å². The quantitative estimate of drug-likeness (QED) is 0.697. The molecule has 2 atom stereocenters. The van der Waals surface area contributed by atoms with Crippen molar-refractivity contribution >= 4 is 16.7 Å². The van der Waals surface area contributed by atoms with Crippen LogP contribution in [0, 0.1) is 0 Å². The molecular weight excluding hydrogens is 312 g/mol. The van der Waals surface area contributed by atoms with Gasteiger partial charge in [-0.05, 0) is 42.3 Å². The molecule has 0 saturated carbocycles. The summed E-state index contributed by atoms with van der Waals surface area (Å²) in [6, 6.07) is 16.6. The third kappa shape index (κ3) is 4.67. The first kappa shape index (κ1) is 17.2. The topological polar surface area (TPSA) is 59.0 Å². The lowest BCUT2D eigenvalue weighted by molar-refractivity contribution is -0.121. The number of rotatable bonds is 7. The maximum atomic E-state index is 12.2. The molecule has 0 saturated heterocycles. The van der Waals surface area contributed by atoms with E-state index in [-0.39, 0.29) is 18.0 Å². The van der Waals surface area contributed by atoms with Crippen LogP contribution in [0.3, 0.4) is 0 Å². The molecule has 0 aliphatic rings. The van der Waals surface area contributed by atoms with Gasteiger partial charge in [0.25, 0.3) is 0 Å². The first-order chi connectivity index (χ1) is 12.1. The van der Waals surface area contributed by atoms with Gasteiger partial charge in [-0.1, -0.05) is 36.4 Å². The van der Waals surface area contributed by atoms with Crippen molar-refractivity contribution in [3.05, 3.63) is 66.5 Å². The third-order valence-corrected chi connectivity index (χ3v) is 4.28. The lowest BCUT2D eigenvalue weighted by atomic mass is 10.0. The highest BCUT2D eigenvalue weighted by molar-refractivity contribution is 5.83. The van der Waals surface area contributed by atoms with Gasteiger partial charge in [0, 0.05) is 18.4 Å². The van der Waals surface area contributed by atoms with Gasteiger partial charge in [-0.15, -0.1) is 0 Å². The second-order valence-corrected chi connectivity index (χ2v) is 6.41. The van der Waals surface area contributed by atoms with Gasteiger partial charge in [-0.2, -0.15) is 5.10 Å². The SMILES string of the molecule is C[C@H](NC(=O)CN[C@@H](C)Cn1cccn1)c1ccc2ccccc2c1. The normalized spacial score (nSPS) is 13.5. The van der Waals surface area contributed by atoms with Crippen LogP contribution in [0.15, 0.2) is 60.9 Å². The Balaban J connectivity index is 1.51. The van der Waals surface area contributed by atoms with Crippen LogP contribution < -0.4 is 10.6 Å². The first-order valence-electron chi connectivity index (χ1n) is 8.60. The molecule has 3 rings (SSSR count). The molecule has 1 heterocycles. The van der Waals surface area contributed by atoms with E-state index in [2.05, 4.69) is 46.1 Å². The van der Waals surface area contributed by atoms with Crippen LogP contribution in [0.5, 0.6) is 0 Å². The Hall–Kier alpha value is -2.66. The van der Waals surface area contributed by atoms with E-state index in [9.17, 15) is 4.79 Å². The minimum atomic E-state index is -0.0275. The smallest absolute Gasteiger partial charge is 0.234 e. The predicted octanol–water partition coefficient (Wildman–Crippen LogP) is 2.89. The summed E-state index contributed by atoms with van der Waals surface area (Å²) in [5, 5.41) is 12.9. The Morgan fingerprint density at radius 3 is 2.68 bits per heavy atom. The molecule has 5 nitrogen and oxygen atoms in total. The lowest BCUT2D eigenvalue weighted by Crippen LogP contribution is -2.40. The molecule has 25 heavy (non-hydrogen) atoms. The third-order valence-electron chi connectivity index (χ3n) is 4.28. The Kier molecular flexibility index (Phi) is 5.46. The number of fused-ring (bicyclic) bond motifs is 1. The van der Waals surface area contributed by atoms with Crippen molar-refractivity contribution in [1.82, 2.24) is 20.4 Å². The number of carbonyl (C=O) groups is 1. The molecule has 130 valence electrons. The van der Waals surface area contributed by atoms with Gasteiger partial charge in [-0.3, -0.25) is 9.48 Å². The molecule has 0 unspecified atom stereocenters. The van der Waals surface area contributed by atoms with Crippen LogP contribution in [-0.4, -0.2) is 28.3 Å². The van der Waals surface area contributed by atoms with Crippen LogP contribution in [0.25, 0.3) is 10.8 Å². The van der Waals surface area contributed by atoms with Crippen molar-refractivity contribution in [3.63, 3.8) is 0 Å². The number of nitrogens with zero attached hydrogens (tertiary/aromatic N) is 2. The molecule has 0 fully saturated rings. The highest BCUT2D eigenvalue weighted by Crippen LogP contribution is 2.20. The van der Waals surface area contributed by atoms with Crippen molar-refractivity contribution < 1.29 is 4.79 Å². The Labute approximate surface area is 148 Å². The van der Waals surface area contributed by atoms with Crippen LogP contribution in [-0.2, 0) is 11.3 Å². The minimum absolute atomic E-state index is 0.00651. The monoisotopic (exact) mass is 336 g/mol. The number of hydrogen-bond donors (Lipinski definition) is 2. The number of amides is 1. The standard InChI is InChI=1S/C20H24N4O/c1-15(14-24-11-5-10-22-24)21-13-20(25)23-16(2)18-9-8-17-6-3-4-7-19(17)12-18/h3-12,15-16,21H,13-14H2,1-2H3,(H,23,25)/t15-,16-/m0/s1. The van der Waals surface area contributed by atoms with Crippen molar-refractivity contribution in [2.45, 2.75) is 32.5 Å². The lowest BCUT2D eigenvalue weighted by Gasteiger charge is -2.17. The predicted molar refractivity (Wildman–Crippen MR) is 100 cm³/mol. The zero-order valence-corrected chi connectivity index (χ0v) is 14.6. The van der Waals surface area contributed by atoms with Gasteiger partial charge in [0.05, 0.1) is 19.1 Å². The fourth-order valence-corrected chi connectivity index (χ4v) is 2.87. The van der Waals surface area contributed by atoms with E-state index < -0.39 is 0 Å². The zero-order valence-electron chi connectivity index (χ0n) is 14.6. The van der Waals surface area contributed by atoms with Crippen molar-refractivity contribution in [2.24, 2.45) is 0 Å². The van der Waals surface area contributed by atoms with E-state index >= 15 is 0 Å². The minimum Gasteiger partial charge on any atom is -0.348 e. The highest BCUT2D eigenvalue weighted by Gasteiger charge is 2.11. The number of carbonyl (C=O) groups excluding carboxylic acids is 1. The molecular formula is C20H24N4O. The molecule has 3 aromatic rings. The second kappa shape index (κ2) is 7.94. The van der Waals surface area contributed by atoms with Gasteiger partial charge < -0.3 is 10.6 Å². The highest BCUT2D eigenvalue weighted by atomic mass is 16.1.